The van der Waals surface area contributed by atoms with Crippen LogP contribution in [-0.4, -0.2) is 28.8 Å². The van der Waals surface area contributed by atoms with Crippen LogP contribution in [0.3, 0.4) is 0 Å². The number of carbonyl (C=O) groups excluding carboxylic acids is 1. The van der Waals surface area contributed by atoms with E-state index in [1.807, 2.05) is 56.8 Å². The van der Waals surface area contributed by atoms with Gasteiger partial charge >= 0.3 is 0 Å². The molecule has 22 heavy (non-hydrogen) atoms. The summed E-state index contributed by atoms with van der Waals surface area (Å²) in [6.07, 6.45) is 0.780. The van der Waals surface area contributed by atoms with Crippen molar-refractivity contribution in [3.8, 4) is 5.75 Å². The third-order valence-corrected chi connectivity index (χ3v) is 3.75. The van der Waals surface area contributed by atoms with Crippen LogP contribution in [0.5, 0.6) is 5.75 Å². The van der Waals surface area contributed by atoms with Crippen LogP contribution in [0.1, 0.15) is 22.5 Å². The Hall–Kier alpha value is -2.30. The highest BCUT2D eigenvalue weighted by molar-refractivity contribution is 5.77. The Kier molecular flexibility index (Phi) is 5.20. The van der Waals surface area contributed by atoms with Crippen molar-refractivity contribution in [1.29, 1.82) is 0 Å². The lowest BCUT2D eigenvalue weighted by atomic mass is 10.1. The SMILES string of the molecule is Cc1ccc(OCC(=O)NCCc2c(C)nn(C)c2C)cc1. The second-order valence-corrected chi connectivity index (χ2v) is 5.47. The van der Waals surface area contributed by atoms with E-state index in [4.69, 9.17) is 4.74 Å². The summed E-state index contributed by atoms with van der Waals surface area (Å²) in [5.74, 6) is 0.597. The number of benzene rings is 1. The monoisotopic (exact) mass is 301 g/mol. The molecule has 0 unspecified atom stereocenters. The van der Waals surface area contributed by atoms with Crippen molar-refractivity contribution in [3.05, 3.63) is 46.8 Å². The number of aromatic nitrogens is 2. The third-order valence-electron chi connectivity index (χ3n) is 3.75. The molecule has 0 fully saturated rings. The largest absolute Gasteiger partial charge is 0.484 e. The molecule has 118 valence electrons. The summed E-state index contributed by atoms with van der Waals surface area (Å²) in [5, 5.41) is 7.25. The summed E-state index contributed by atoms with van der Waals surface area (Å²) in [6.45, 7) is 6.67. The van der Waals surface area contributed by atoms with Crippen molar-refractivity contribution < 1.29 is 9.53 Å². The van der Waals surface area contributed by atoms with Crippen molar-refractivity contribution in [2.24, 2.45) is 7.05 Å². The Bertz CT molecular complexity index is 645. The number of rotatable bonds is 6. The van der Waals surface area contributed by atoms with Gasteiger partial charge in [-0.25, -0.2) is 0 Å². The van der Waals surface area contributed by atoms with Crippen molar-refractivity contribution >= 4 is 5.91 Å². The summed E-state index contributed by atoms with van der Waals surface area (Å²) in [4.78, 5) is 11.8. The molecule has 2 rings (SSSR count). The quantitative estimate of drug-likeness (QED) is 0.889. The van der Waals surface area contributed by atoms with Crippen molar-refractivity contribution in [2.75, 3.05) is 13.2 Å². The molecule has 2 aromatic rings. The van der Waals surface area contributed by atoms with Crippen LogP contribution in [0.2, 0.25) is 0 Å². The highest BCUT2D eigenvalue weighted by Gasteiger charge is 2.09. The maximum Gasteiger partial charge on any atom is 0.257 e. The highest BCUT2D eigenvalue weighted by atomic mass is 16.5. The fourth-order valence-electron chi connectivity index (χ4n) is 2.34. The van der Waals surface area contributed by atoms with Gasteiger partial charge in [0.05, 0.1) is 5.69 Å². The molecule has 1 amide bonds. The van der Waals surface area contributed by atoms with Gasteiger partial charge in [-0.1, -0.05) is 17.7 Å². The van der Waals surface area contributed by atoms with E-state index in [2.05, 4.69) is 10.4 Å². The molecule has 0 radical (unpaired) electrons. The van der Waals surface area contributed by atoms with Crippen LogP contribution in [0.15, 0.2) is 24.3 Å². The number of hydrogen-bond acceptors (Lipinski definition) is 3. The summed E-state index contributed by atoms with van der Waals surface area (Å²) in [5.41, 5.74) is 4.52. The van der Waals surface area contributed by atoms with Gasteiger partial charge in [-0.15, -0.1) is 0 Å². The Morgan fingerprint density at radius 1 is 1.23 bits per heavy atom. The molecule has 0 saturated carbocycles. The fourth-order valence-corrected chi connectivity index (χ4v) is 2.34. The molecule has 0 aliphatic carbocycles. The maximum absolute atomic E-state index is 11.8. The average Bonchev–Trinajstić information content (AvgIpc) is 2.73. The maximum atomic E-state index is 11.8. The lowest BCUT2D eigenvalue weighted by Gasteiger charge is -2.08. The van der Waals surface area contributed by atoms with E-state index in [0.29, 0.717) is 12.3 Å². The third kappa shape index (κ3) is 4.10. The lowest BCUT2D eigenvalue weighted by molar-refractivity contribution is -0.123. The molecule has 0 spiro atoms. The first-order valence-corrected chi connectivity index (χ1v) is 7.42. The molecule has 0 saturated heterocycles. The molecule has 5 nitrogen and oxygen atoms in total. The number of nitrogens with one attached hydrogen (secondary N) is 1. The minimum Gasteiger partial charge on any atom is -0.484 e. The molecule has 1 N–H and O–H groups in total. The normalized spacial score (nSPS) is 10.5. The Morgan fingerprint density at radius 2 is 1.91 bits per heavy atom. The van der Waals surface area contributed by atoms with E-state index in [1.54, 1.807) is 0 Å². The van der Waals surface area contributed by atoms with Gasteiger partial charge in [0.2, 0.25) is 0 Å². The van der Waals surface area contributed by atoms with E-state index < -0.39 is 0 Å². The van der Waals surface area contributed by atoms with Gasteiger partial charge < -0.3 is 10.1 Å². The molecule has 0 aliphatic heterocycles. The molecular formula is C17H23N3O2. The molecule has 0 aliphatic rings. The summed E-state index contributed by atoms with van der Waals surface area (Å²) in [6, 6.07) is 7.65. The number of aryl methyl sites for hydroxylation is 3. The van der Waals surface area contributed by atoms with Gasteiger partial charge in [-0.3, -0.25) is 9.48 Å². The van der Waals surface area contributed by atoms with Crippen LogP contribution in [0, 0.1) is 20.8 Å². The predicted octanol–water partition coefficient (Wildman–Crippen LogP) is 2.08. The Balaban J connectivity index is 1.75. The highest BCUT2D eigenvalue weighted by Crippen LogP contribution is 2.12. The Morgan fingerprint density at radius 3 is 2.50 bits per heavy atom. The minimum atomic E-state index is -0.111. The first kappa shape index (κ1) is 16.1. The van der Waals surface area contributed by atoms with E-state index in [1.165, 1.54) is 11.1 Å². The molecule has 1 aromatic carbocycles. The van der Waals surface area contributed by atoms with E-state index in [0.717, 1.165) is 17.8 Å². The van der Waals surface area contributed by atoms with E-state index in [9.17, 15) is 4.79 Å². The molecule has 0 bridgehead atoms. The number of ether oxygens (including phenoxy) is 1. The van der Waals surface area contributed by atoms with Crippen molar-refractivity contribution in [1.82, 2.24) is 15.1 Å². The minimum absolute atomic E-state index is 0.0358. The van der Waals surface area contributed by atoms with Gasteiger partial charge in [0.15, 0.2) is 6.61 Å². The average molecular weight is 301 g/mol. The number of amides is 1. The second kappa shape index (κ2) is 7.11. The van der Waals surface area contributed by atoms with Crippen LogP contribution in [-0.2, 0) is 18.3 Å². The zero-order valence-corrected chi connectivity index (χ0v) is 13.6. The Labute approximate surface area is 131 Å². The van der Waals surface area contributed by atoms with Gasteiger partial charge in [-0.2, -0.15) is 5.10 Å². The number of hydrogen-bond donors (Lipinski definition) is 1. The first-order chi connectivity index (χ1) is 10.5. The van der Waals surface area contributed by atoms with Gasteiger partial charge in [0.1, 0.15) is 5.75 Å². The zero-order chi connectivity index (χ0) is 16.1. The van der Waals surface area contributed by atoms with E-state index >= 15 is 0 Å². The standard InChI is InChI=1S/C17H23N3O2/c1-12-5-7-15(8-6-12)22-11-17(21)18-10-9-16-13(2)19-20(4)14(16)3/h5-8H,9-11H2,1-4H3,(H,18,21). The van der Waals surface area contributed by atoms with Crippen LogP contribution in [0.4, 0.5) is 0 Å². The van der Waals surface area contributed by atoms with Crippen LogP contribution < -0.4 is 10.1 Å². The molecule has 5 heteroatoms. The first-order valence-electron chi connectivity index (χ1n) is 7.42. The smallest absolute Gasteiger partial charge is 0.257 e. The predicted molar refractivity (Wildman–Crippen MR) is 86.1 cm³/mol. The number of carbonyl (C=O) groups is 1. The van der Waals surface area contributed by atoms with Crippen LogP contribution in [0.25, 0.3) is 0 Å². The molecule has 1 heterocycles. The van der Waals surface area contributed by atoms with Gasteiger partial charge in [0.25, 0.3) is 5.91 Å². The van der Waals surface area contributed by atoms with Crippen LogP contribution >= 0.6 is 0 Å². The number of nitrogens with zero attached hydrogens (tertiary/aromatic N) is 2. The second-order valence-electron chi connectivity index (χ2n) is 5.47. The topological polar surface area (TPSA) is 56.1 Å². The molecular weight excluding hydrogens is 278 g/mol. The zero-order valence-electron chi connectivity index (χ0n) is 13.6. The van der Waals surface area contributed by atoms with Gasteiger partial charge in [-0.05, 0) is 44.9 Å². The lowest BCUT2D eigenvalue weighted by Crippen LogP contribution is -2.30. The summed E-state index contributed by atoms with van der Waals surface area (Å²) in [7, 11) is 1.93. The molecule has 1 aromatic heterocycles. The van der Waals surface area contributed by atoms with Crippen molar-refractivity contribution in [3.63, 3.8) is 0 Å². The van der Waals surface area contributed by atoms with E-state index in [-0.39, 0.29) is 12.5 Å². The molecule has 0 atom stereocenters. The summed E-state index contributed by atoms with van der Waals surface area (Å²) < 4.78 is 7.32. The van der Waals surface area contributed by atoms with Crippen molar-refractivity contribution in [2.45, 2.75) is 27.2 Å². The summed E-state index contributed by atoms with van der Waals surface area (Å²) >= 11 is 0. The fraction of sp³-hybridized carbons (Fsp3) is 0.412. The van der Waals surface area contributed by atoms with Gasteiger partial charge in [0, 0.05) is 19.3 Å².